The van der Waals surface area contributed by atoms with Crippen LogP contribution in [-0.4, -0.2) is 50.8 Å². The SMILES string of the molecule is CCN(CCCCOC)C1CCNC1. The van der Waals surface area contributed by atoms with E-state index in [0.717, 1.165) is 12.6 Å². The molecule has 1 unspecified atom stereocenters. The minimum atomic E-state index is 0.780. The third-order valence-electron chi connectivity index (χ3n) is 3.00. The Morgan fingerprint density at radius 3 is 2.86 bits per heavy atom. The van der Waals surface area contributed by atoms with Gasteiger partial charge in [-0.15, -0.1) is 0 Å². The molecule has 1 aliphatic heterocycles. The molecule has 1 rings (SSSR count). The topological polar surface area (TPSA) is 24.5 Å². The van der Waals surface area contributed by atoms with Crippen molar-refractivity contribution in [3.8, 4) is 0 Å². The Kier molecular flexibility index (Phi) is 6.15. The highest BCUT2D eigenvalue weighted by molar-refractivity contribution is 4.79. The lowest BCUT2D eigenvalue weighted by Gasteiger charge is -2.26. The van der Waals surface area contributed by atoms with Crippen LogP contribution in [0.15, 0.2) is 0 Å². The molecule has 0 amide bonds. The number of hydrogen-bond acceptors (Lipinski definition) is 3. The monoisotopic (exact) mass is 200 g/mol. The lowest BCUT2D eigenvalue weighted by Crippen LogP contribution is -2.37. The molecule has 1 fully saturated rings. The van der Waals surface area contributed by atoms with E-state index < -0.39 is 0 Å². The van der Waals surface area contributed by atoms with Crippen molar-refractivity contribution < 1.29 is 4.74 Å². The predicted octanol–water partition coefficient (Wildman–Crippen LogP) is 1.10. The average molecular weight is 200 g/mol. The maximum Gasteiger partial charge on any atom is 0.0462 e. The summed E-state index contributed by atoms with van der Waals surface area (Å²) in [6, 6.07) is 0.780. The van der Waals surface area contributed by atoms with Gasteiger partial charge in [0.15, 0.2) is 0 Å². The Balaban J connectivity index is 2.11. The quantitative estimate of drug-likeness (QED) is 0.623. The molecular formula is C11H24N2O. The van der Waals surface area contributed by atoms with E-state index in [1.807, 2.05) is 0 Å². The van der Waals surface area contributed by atoms with Crippen molar-refractivity contribution in [2.24, 2.45) is 0 Å². The zero-order valence-corrected chi connectivity index (χ0v) is 9.59. The summed E-state index contributed by atoms with van der Waals surface area (Å²) in [5.41, 5.74) is 0. The Labute approximate surface area is 87.8 Å². The molecule has 0 aromatic rings. The molecule has 0 aromatic carbocycles. The summed E-state index contributed by atoms with van der Waals surface area (Å²) in [6.45, 7) is 7.94. The first-order valence-electron chi connectivity index (χ1n) is 5.82. The summed E-state index contributed by atoms with van der Waals surface area (Å²) in [5, 5.41) is 3.42. The molecule has 1 N–H and O–H groups in total. The molecule has 0 radical (unpaired) electrons. The number of nitrogens with zero attached hydrogens (tertiary/aromatic N) is 1. The van der Waals surface area contributed by atoms with Crippen LogP contribution in [0.2, 0.25) is 0 Å². The van der Waals surface area contributed by atoms with Crippen molar-refractivity contribution in [2.45, 2.75) is 32.2 Å². The van der Waals surface area contributed by atoms with Crippen molar-refractivity contribution in [1.82, 2.24) is 10.2 Å². The Bertz CT molecular complexity index is 135. The Morgan fingerprint density at radius 2 is 2.29 bits per heavy atom. The van der Waals surface area contributed by atoms with E-state index >= 15 is 0 Å². The Hall–Kier alpha value is -0.120. The van der Waals surface area contributed by atoms with Gasteiger partial charge in [0.25, 0.3) is 0 Å². The third-order valence-corrected chi connectivity index (χ3v) is 3.00. The van der Waals surface area contributed by atoms with Gasteiger partial charge in [-0.1, -0.05) is 6.92 Å². The molecule has 1 saturated heterocycles. The zero-order valence-electron chi connectivity index (χ0n) is 9.59. The number of rotatable bonds is 7. The summed E-state index contributed by atoms with van der Waals surface area (Å²) in [7, 11) is 1.78. The van der Waals surface area contributed by atoms with Crippen molar-refractivity contribution in [2.75, 3.05) is 39.9 Å². The van der Waals surface area contributed by atoms with Crippen LogP contribution in [0.5, 0.6) is 0 Å². The van der Waals surface area contributed by atoms with E-state index in [1.165, 1.54) is 45.4 Å². The van der Waals surface area contributed by atoms with Crippen LogP contribution < -0.4 is 5.32 Å². The molecule has 0 bridgehead atoms. The minimum absolute atomic E-state index is 0.780. The molecular weight excluding hydrogens is 176 g/mol. The number of hydrogen-bond donors (Lipinski definition) is 1. The maximum atomic E-state index is 5.05. The summed E-state index contributed by atoms with van der Waals surface area (Å²) in [4.78, 5) is 2.59. The molecule has 1 heterocycles. The van der Waals surface area contributed by atoms with Gasteiger partial charge in [0.2, 0.25) is 0 Å². The number of ether oxygens (including phenoxy) is 1. The van der Waals surface area contributed by atoms with Gasteiger partial charge in [-0.3, -0.25) is 4.90 Å². The van der Waals surface area contributed by atoms with Gasteiger partial charge >= 0.3 is 0 Å². The first-order valence-corrected chi connectivity index (χ1v) is 5.82. The third kappa shape index (κ3) is 3.95. The second-order valence-electron chi connectivity index (χ2n) is 3.98. The lowest BCUT2D eigenvalue weighted by atomic mass is 10.2. The summed E-state index contributed by atoms with van der Waals surface area (Å²) < 4.78 is 5.05. The van der Waals surface area contributed by atoms with Gasteiger partial charge in [0, 0.05) is 26.3 Å². The highest BCUT2D eigenvalue weighted by atomic mass is 16.5. The first kappa shape index (κ1) is 12.0. The minimum Gasteiger partial charge on any atom is -0.385 e. The average Bonchev–Trinajstić information content (AvgIpc) is 2.71. The zero-order chi connectivity index (χ0) is 10.2. The largest absolute Gasteiger partial charge is 0.385 e. The van der Waals surface area contributed by atoms with Crippen LogP contribution in [0.3, 0.4) is 0 Å². The molecule has 14 heavy (non-hydrogen) atoms. The van der Waals surface area contributed by atoms with Crippen LogP contribution in [0.4, 0.5) is 0 Å². The van der Waals surface area contributed by atoms with E-state index in [1.54, 1.807) is 7.11 Å². The van der Waals surface area contributed by atoms with Crippen LogP contribution in [0, 0.1) is 0 Å². The smallest absolute Gasteiger partial charge is 0.0462 e. The van der Waals surface area contributed by atoms with Crippen molar-refractivity contribution in [3.05, 3.63) is 0 Å². The highest BCUT2D eigenvalue weighted by Crippen LogP contribution is 2.09. The number of methoxy groups -OCH3 is 1. The normalized spacial score (nSPS) is 22.1. The van der Waals surface area contributed by atoms with Gasteiger partial charge in [0.1, 0.15) is 0 Å². The van der Waals surface area contributed by atoms with Crippen LogP contribution >= 0.6 is 0 Å². The highest BCUT2D eigenvalue weighted by Gasteiger charge is 2.19. The molecule has 3 heteroatoms. The van der Waals surface area contributed by atoms with Crippen LogP contribution in [0.25, 0.3) is 0 Å². The first-order chi connectivity index (χ1) is 6.88. The molecule has 1 aliphatic rings. The van der Waals surface area contributed by atoms with E-state index in [2.05, 4.69) is 17.1 Å². The fraction of sp³-hybridized carbons (Fsp3) is 1.00. The van der Waals surface area contributed by atoms with E-state index in [4.69, 9.17) is 4.74 Å². The summed E-state index contributed by atoms with van der Waals surface area (Å²) in [6.07, 6.45) is 3.77. The summed E-state index contributed by atoms with van der Waals surface area (Å²) >= 11 is 0. The molecule has 0 aliphatic carbocycles. The van der Waals surface area contributed by atoms with Gasteiger partial charge < -0.3 is 10.1 Å². The van der Waals surface area contributed by atoms with Gasteiger partial charge in [-0.05, 0) is 38.9 Å². The van der Waals surface area contributed by atoms with E-state index in [9.17, 15) is 0 Å². The molecule has 1 atom stereocenters. The maximum absolute atomic E-state index is 5.05. The molecule has 0 spiro atoms. The van der Waals surface area contributed by atoms with E-state index in [0.29, 0.717) is 0 Å². The van der Waals surface area contributed by atoms with Gasteiger partial charge in [0.05, 0.1) is 0 Å². The van der Waals surface area contributed by atoms with Crippen molar-refractivity contribution in [3.63, 3.8) is 0 Å². The number of likely N-dealkylation sites (N-methyl/N-ethyl adjacent to an activating group) is 1. The second-order valence-corrected chi connectivity index (χ2v) is 3.98. The number of unbranched alkanes of at least 4 members (excludes halogenated alkanes) is 1. The van der Waals surface area contributed by atoms with Gasteiger partial charge in [-0.25, -0.2) is 0 Å². The van der Waals surface area contributed by atoms with Crippen molar-refractivity contribution >= 4 is 0 Å². The molecule has 84 valence electrons. The van der Waals surface area contributed by atoms with E-state index in [-0.39, 0.29) is 0 Å². The molecule has 3 nitrogen and oxygen atoms in total. The van der Waals surface area contributed by atoms with Crippen LogP contribution in [0.1, 0.15) is 26.2 Å². The predicted molar refractivity (Wildman–Crippen MR) is 59.6 cm³/mol. The fourth-order valence-corrected chi connectivity index (χ4v) is 2.11. The standard InChI is InChI=1S/C11H24N2O/c1-3-13(8-4-5-9-14-2)11-6-7-12-10-11/h11-12H,3-10H2,1-2H3. The second kappa shape index (κ2) is 7.21. The lowest BCUT2D eigenvalue weighted by molar-refractivity contribution is 0.174. The van der Waals surface area contributed by atoms with Crippen LogP contribution in [-0.2, 0) is 4.74 Å². The van der Waals surface area contributed by atoms with Crippen molar-refractivity contribution in [1.29, 1.82) is 0 Å². The molecule has 0 aromatic heterocycles. The fourth-order valence-electron chi connectivity index (χ4n) is 2.11. The number of nitrogens with one attached hydrogen (secondary N) is 1. The molecule has 0 saturated carbocycles. The Morgan fingerprint density at radius 1 is 1.43 bits per heavy atom. The van der Waals surface area contributed by atoms with Gasteiger partial charge in [-0.2, -0.15) is 0 Å². The summed E-state index contributed by atoms with van der Waals surface area (Å²) in [5.74, 6) is 0.